The van der Waals surface area contributed by atoms with Crippen LogP contribution in [-0.2, 0) is 11.3 Å². The molecule has 7 nitrogen and oxygen atoms in total. The predicted octanol–water partition coefficient (Wildman–Crippen LogP) is 2.49. The van der Waals surface area contributed by atoms with Crippen molar-refractivity contribution in [3.63, 3.8) is 0 Å². The van der Waals surface area contributed by atoms with Crippen molar-refractivity contribution in [3.05, 3.63) is 52.3 Å². The number of aliphatic hydroxyl groups is 1. The third kappa shape index (κ3) is 3.97. The number of fused-ring (bicyclic) bond motifs is 3. The highest BCUT2D eigenvalue weighted by atomic mass is 19.4. The Balaban J connectivity index is 1.52. The Labute approximate surface area is 183 Å². The van der Waals surface area contributed by atoms with Gasteiger partial charge < -0.3 is 19.6 Å². The number of anilines is 2. The topological polar surface area (TPSA) is 70.8 Å². The molecule has 0 amide bonds. The molecule has 0 saturated carbocycles. The predicted molar refractivity (Wildman–Crippen MR) is 112 cm³/mol. The zero-order valence-electron chi connectivity index (χ0n) is 17.4. The number of alkyl halides is 3. The molecular formula is C22H25F3N4O3. The molecule has 3 aliphatic heterocycles. The van der Waals surface area contributed by atoms with Crippen LogP contribution in [0.4, 0.5) is 24.9 Å². The van der Waals surface area contributed by atoms with Gasteiger partial charge in [-0.1, -0.05) is 30.3 Å². The van der Waals surface area contributed by atoms with Crippen molar-refractivity contribution < 1.29 is 23.0 Å². The molecular weight excluding hydrogens is 425 g/mol. The normalized spacial score (nSPS) is 26.2. The molecule has 1 N–H and O–H groups in total. The average Bonchev–Trinajstić information content (AvgIpc) is 3.11. The highest BCUT2D eigenvalue weighted by Crippen LogP contribution is 2.36. The van der Waals surface area contributed by atoms with Crippen LogP contribution >= 0.6 is 0 Å². The first-order valence-corrected chi connectivity index (χ1v) is 10.9. The summed E-state index contributed by atoms with van der Waals surface area (Å²) in [6, 6.07) is 8.11. The van der Waals surface area contributed by atoms with E-state index in [0.717, 1.165) is 17.7 Å². The van der Waals surface area contributed by atoms with Crippen LogP contribution in [0.2, 0.25) is 0 Å². The van der Waals surface area contributed by atoms with Crippen LogP contribution in [0.25, 0.3) is 0 Å². The van der Waals surface area contributed by atoms with E-state index in [0.29, 0.717) is 24.5 Å². The maximum absolute atomic E-state index is 13.9. The van der Waals surface area contributed by atoms with Gasteiger partial charge in [0.2, 0.25) is 5.95 Å². The SMILES string of the molecule is O=c1cc(N2CC3CCC(C2)O3)nc2n1CCC(C(F)(F)F)N2CC(O)c1ccccc1. The van der Waals surface area contributed by atoms with Crippen LogP contribution < -0.4 is 15.4 Å². The first-order valence-electron chi connectivity index (χ1n) is 10.9. The Hall–Kier alpha value is -2.59. The first-order chi connectivity index (χ1) is 15.3. The van der Waals surface area contributed by atoms with Gasteiger partial charge in [-0.3, -0.25) is 9.36 Å². The number of hydrogen-bond donors (Lipinski definition) is 1. The second-order valence-electron chi connectivity index (χ2n) is 8.69. The van der Waals surface area contributed by atoms with Crippen LogP contribution in [0, 0.1) is 0 Å². The van der Waals surface area contributed by atoms with Gasteiger partial charge in [0.05, 0.1) is 24.9 Å². The van der Waals surface area contributed by atoms with E-state index in [9.17, 15) is 23.1 Å². The fourth-order valence-electron chi connectivity index (χ4n) is 4.94. The van der Waals surface area contributed by atoms with Gasteiger partial charge in [0.1, 0.15) is 11.9 Å². The maximum Gasteiger partial charge on any atom is 0.408 e. The molecule has 5 rings (SSSR count). The van der Waals surface area contributed by atoms with Crippen molar-refractivity contribution in [1.29, 1.82) is 0 Å². The van der Waals surface area contributed by atoms with Gasteiger partial charge in [-0.05, 0) is 24.8 Å². The fraction of sp³-hybridized carbons (Fsp3) is 0.545. The molecule has 3 aliphatic rings. The molecule has 1 aromatic carbocycles. The number of aromatic nitrogens is 2. The number of ether oxygens (including phenoxy) is 1. The van der Waals surface area contributed by atoms with Crippen LogP contribution in [0.5, 0.6) is 0 Å². The Kier molecular flexibility index (Phi) is 5.37. The highest BCUT2D eigenvalue weighted by Gasteiger charge is 2.47. The molecule has 4 heterocycles. The van der Waals surface area contributed by atoms with Crippen molar-refractivity contribution in [3.8, 4) is 0 Å². The molecule has 2 saturated heterocycles. The summed E-state index contributed by atoms with van der Waals surface area (Å²) in [5, 5.41) is 10.7. The number of halogens is 3. The summed E-state index contributed by atoms with van der Waals surface area (Å²) in [4.78, 5) is 20.4. The summed E-state index contributed by atoms with van der Waals surface area (Å²) in [5.41, 5.74) is 0.123. The minimum atomic E-state index is -4.52. The zero-order valence-corrected chi connectivity index (χ0v) is 17.4. The van der Waals surface area contributed by atoms with E-state index in [2.05, 4.69) is 4.98 Å². The lowest BCUT2D eigenvalue weighted by atomic mass is 10.1. The molecule has 0 spiro atoms. The number of nitrogens with zero attached hydrogens (tertiary/aromatic N) is 4. The van der Waals surface area contributed by atoms with Crippen molar-refractivity contribution in [2.75, 3.05) is 29.4 Å². The lowest BCUT2D eigenvalue weighted by Crippen LogP contribution is -2.54. The number of hydrogen-bond acceptors (Lipinski definition) is 6. The fourth-order valence-corrected chi connectivity index (χ4v) is 4.94. The van der Waals surface area contributed by atoms with E-state index in [1.54, 1.807) is 30.3 Å². The first kappa shape index (κ1) is 21.3. The molecule has 2 bridgehead atoms. The summed E-state index contributed by atoms with van der Waals surface area (Å²) in [5.74, 6) is 0.318. The van der Waals surface area contributed by atoms with Crippen LogP contribution in [-0.4, -0.2) is 58.7 Å². The molecule has 2 aromatic rings. The van der Waals surface area contributed by atoms with Crippen molar-refractivity contribution in [2.24, 2.45) is 0 Å². The number of rotatable bonds is 4. The van der Waals surface area contributed by atoms with Gasteiger partial charge in [-0.15, -0.1) is 0 Å². The molecule has 4 unspecified atom stereocenters. The number of aliphatic hydroxyl groups excluding tert-OH is 1. The maximum atomic E-state index is 13.9. The largest absolute Gasteiger partial charge is 0.408 e. The lowest BCUT2D eigenvalue weighted by Gasteiger charge is -2.41. The van der Waals surface area contributed by atoms with Gasteiger partial charge in [-0.25, -0.2) is 0 Å². The minimum Gasteiger partial charge on any atom is -0.387 e. The molecule has 2 fully saturated rings. The van der Waals surface area contributed by atoms with E-state index in [1.807, 2.05) is 4.90 Å². The zero-order chi connectivity index (χ0) is 22.5. The number of morpholine rings is 1. The molecule has 10 heteroatoms. The minimum absolute atomic E-state index is 0.0464. The monoisotopic (exact) mass is 450 g/mol. The highest BCUT2D eigenvalue weighted by molar-refractivity contribution is 5.47. The van der Waals surface area contributed by atoms with E-state index in [1.165, 1.54) is 10.6 Å². The summed E-state index contributed by atoms with van der Waals surface area (Å²) in [6.45, 7) is 0.722. The van der Waals surface area contributed by atoms with Crippen molar-refractivity contribution >= 4 is 11.8 Å². The van der Waals surface area contributed by atoms with E-state index >= 15 is 0 Å². The summed E-state index contributed by atoms with van der Waals surface area (Å²) < 4.78 is 48.9. The van der Waals surface area contributed by atoms with Gasteiger partial charge in [-0.2, -0.15) is 18.2 Å². The third-order valence-electron chi connectivity index (χ3n) is 6.53. The molecule has 4 atom stereocenters. The molecule has 0 aliphatic carbocycles. The van der Waals surface area contributed by atoms with E-state index < -0.39 is 18.3 Å². The lowest BCUT2D eigenvalue weighted by molar-refractivity contribution is -0.153. The second-order valence-corrected chi connectivity index (χ2v) is 8.69. The van der Waals surface area contributed by atoms with Crippen LogP contribution in [0.15, 0.2) is 41.2 Å². The Morgan fingerprint density at radius 3 is 2.47 bits per heavy atom. The van der Waals surface area contributed by atoms with E-state index in [4.69, 9.17) is 4.74 Å². The third-order valence-corrected chi connectivity index (χ3v) is 6.53. The summed E-state index contributed by atoms with van der Waals surface area (Å²) >= 11 is 0. The van der Waals surface area contributed by atoms with Crippen LogP contribution in [0.3, 0.4) is 0 Å². The van der Waals surface area contributed by atoms with Crippen molar-refractivity contribution in [1.82, 2.24) is 9.55 Å². The standard InChI is InChI=1S/C22H25F3N4O3/c23-22(24,25)18-8-9-28-20(31)10-19(27-11-15-6-7-16(12-27)32-15)26-21(28)29(18)13-17(30)14-4-2-1-3-5-14/h1-5,10,15-18,30H,6-9,11-13H2. The smallest absolute Gasteiger partial charge is 0.387 e. The summed E-state index contributed by atoms with van der Waals surface area (Å²) in [7, 11) is 0. The van der Waals surface area contributed by atoms with Gasteiger partial charge in [0, 0.05) is 25.7 Å². The van der Waals surface area contributed by atoms with Gasteiger partial charge in [0.25, 0.3) is 5.56 Å². The Morgan fingerprint density at radius 1 is 1.12 bits per heavy atom. The molecule has 172 valence electrons. The quantitative estimate of drug-likeness (QED) is 0.772. The van der Waals surface area contributed by atoms with Gasteiger partial charge >= 0.3 is 6.18 Å². The average molecular weight is 450 g/mol. The summed E-state index contributed by atoms with van der Waals surface area (Å²) in [6.07, 6.45) is -4.00. The second kappa shape index (κ2) is 8.08. The van der Waals surface area contributed by atoms with E-state index in [-0.39, 0.29) is 43.2 Å². The Bertz CT molecular complexity index is 1020. The van der Waals surface area contributed by atoms with Crippen LogP contribution in [0.1, 0.15) is 30.9 Å². The van der Waals surface area contributed by atoms with Gasteiger partial charge in [0.15, 0.2) is 0 Å². The number of β-amino-alcohol motifs (C(OH)–C–C–N with tert-alkyl or cyclic N) is 1. The Morgan fingerprint density at radius 2 is 1.81 bits per heavy atom. The molecule has 1 aromatic heterocycles. The number of benzene rings is 1. The molecule has 0 radical (unpaired) electrons. The van der Waals surface area contributed by atoms with Crippen molar-refractivity contribution in [2.45, 2.75) is 56.3 Å². The molecule has 32 heavy (non-hydrogen) atoms.